The average molecular weight is 479 g/mol. The molecular weight excluding hydrogens is 455 g/mol. The van der Waals surface area contributed by atoms with Crippen LogP contribution in [0.5, 0.6) is 5.75 Å². The van der Waals surface area contributed by atoms with E-state index in [-0.39, 0.29) is 18.0 Å². The fraction of sp³-hybridized carbons (Fsp3) is 0.192. The Labute approximate surface area is 199 Å². The Morgan fingerprint density at radius 3 is 2.56 bits per heavy atom. The number of aromatic nitrogens is 1. The quantitative estimate of drug-likeness (QED) is 0.385. The molecule has 0 saturated carbocycles. The molecule has 1 unspecified atom stereocenters. The van der Waals surface area contributed by atoms with Crippen LogP contribution in [-0.4, -0.2) is 23.8 Å². The zero-order valence-corrected chi connectivity index (χ0v) is 19.6. The molecule has 1 aliphatic rings. The van der Waals surface area contributed by atoms with E-state index in [4.69, 9.17) is 9.47 Å². The largest absolute Gasteiger partial charge is 0.490 e. The number of esters is 1. The number of hydrogen-bond acceptors (Lipinski definition) is 6. The zero-order chi connectivity index (χ0) is 24.2. The van der Waals surface area contributed by atoms with Crippen molar-refractivity contribution in [3.63, 3.8) is 0 Å². The number of benzene rings is 2. The molecule has 0 amide bonds. The van der Waals surface area contributed by atoms with Gasteiger partial charge in [0.2, 0.25) is 0 Å². The maximum absolute atomic E-state index is 13.5. The molecule has 8 heteroatoms. The number of rotatable bonds is 7. The lowest BCUT2D eigenvalue weighted by Crippen LogP contribution is -2.39. The summed E-state index contributed by atoms with van der Waals surface area (Å²) in [5.74, 6) is -0.229. The van der Waals surface area contributed by atoms with E-state index in [2.05, 4.69) is 11.6 Å². The summed E-state index contributed by atoms with van der Waals surface area (Å²) < 4.78 is 26.1. The van der Waals surface area contributed by atoms with Crippen LogP contribution in [0.2, 0.25) is 0 Å². The van der Waals surface area contributed by atoms with E-state index in [0.717, 1.165) is 5.56 Å². The van der Waals surface area contributed by atoms with Gasteiger partial charge in [0.1, 0.15) is 18.2 Å². The number of hydrogen-bond donors (Lipinski definition) is 0. The molecule has 174 valence electrons. The monoisotopic (exact) mass is 478 g/mol. The first-order valence-electron chi connectivity index (χ1n) is 10.7. The van der Waals surface area contributed by atoms with Crippen LogP contribution in [0, 0.1) is 5.82 Å². The summed E-state index contributed by atoms with van der Waals surface area (Å²) in [4.78, 5) is 31.4. The first kappa shape index (κ1) is 23.4. The maximum atomic E-state index is 13.5. The SMILES string of the molecule is C=CCOc1ccc(C2C(C(=O)OCC)=C(C)N=c3s/c(=C/c4ccc(F)cc4)c(=O)n32)cc1. The van der Waals surface area contributed by atoms with E-state index < -0.39 is 12.0 Å². The molecule has 0 radical (unpaired) electrons. The Morgan fingerprint density at radius 1 is 1.21 bits per heavy atom. The highest BCUT2D eigenvalue weighted by Crippen LogP contribution is 2.31. The van der Waals surface area contributed by atoms with Crippen molar-refractivity contribution in [1.82, 2.24) is 4.57 Å². The van der Waals surface area contributed by atoms with Gasteiger partial charge in [0, 0.05) is 0 Å². The van der Waals surface area contributed by atoms with Crippen molar-refractivity contribution in [2.45, 2.75) is 19.9 Å². The third-order valence-corrected chi connectivity index (χ3v) is 6.23. The van der Waals surface area contributed by atoms with Gasteiger partial charge < -0.3 is 9.47 Å². The average Bonchev–Trinajstić information content (AvgIpc) is 3.13. The fourth-order valence-electron chi connectivity index (χ4n) is 3.72. The van der Waals surface area contributed by atoms with Crippen LogP contribution in [0.15, 0.2) is 82.2 Å². The van der Waals surface area contributed by atoms with E-state index in [1.807, 2.05) is 12.1 Å². The minimum absolute atomic E-state index is 0.200. The first-order chi connectivity index (χ1) is 16.4. The van der Waals surface area contributed by atoms with E-state index in [0.29, 0.717) is 38.5 Å². The predicted octanol–water partition coefficient (Wildman–Crippen LogP) is 3.50. The Kier molecular flexibility index (Phi) is 6.88. The molecule has 0 fully saturated rings. The molecule has 4 rings (SSSR count). The Morgan fingerprint density at radius 2 is 1.91 bits per heavy atom. The minimum Gasteiger partial charge on any atom is -0.490 e. The molecule has 1 aromatic heterocycles. The zero-order valence-electron chi connectivity index (χ0n) is 18.8. The number of carbonyl (C=O) groups excluding carboxylic acids is 1. The number of thiazole rings is 1. The molecule has 0 bridgehead atoms. The second-order valence-electron chi connectivity index (χ2n) is 7.52. The highest BCUT2D eigenvalue weighted by atomic mass is 32.1. The van der Waals surface area contributed by atoms with Crippen molar-refractivity contribution in [3.8, 4) is 5.75 Å². The lowest BCUT2D eigenvalue weighted by molar-refractivity contribution is -0.139. The van der Waals surface area contributed by atoms with Crippen molar-refractivity contribution in [2.24, 2.45) is 4.99 Å². The molecule has 34 heavy (non-hydrogen) atoms. The third kappa shape index (κ3) is 4.63. The van der Waals surface area contributed by atoms with Crippen LogP contribution in [0.3, 0.4) is 0 Å². The van der Waals surface area contributed by atoms with Crippen molar-refractivity contribution in [3.05, 3.63) is 109 Å². The summed E-state index contributed by atoms with van der Waals surface area (Å²) >= 11 is 1.22. The highest BCUT2D eigenvalue weighted by molar-refractivity contribution is 7.07. The minimum atomic E-state index is -0.709. The van der Waals surface area contributed by atoms with Gasteiger partial charge in [-0.2, -0.15) is 0 Å². The summed E-state index contributed by atoms with van der Waals surface area (Å²) in [5.41, 5.74) is 1.91. The van der Waals surface area contributed by atoms with Gasteiger partial charge >= 0.3 is 5.97 Å². The normalized spacial score (nSPS) is 15.5. The van der Waals surface area contributed by atoms with Gasteiger partial charge in [0.15, 0.2) is 4.80 Å². The molecule has 1 aliphatic heterocycles. The molecule has 2 heterocycles. The van der Waals surface area contributed by atoms with Gasteiger partial charge in [-0.25, -0.2) is 14.2 Å². The molecule has 0 spiro atoms. The van der Waals surface area contributed by atoms with Crippen molar-refractivity contribution < 1.29 is 18.7 Å². The summed E-state index contributed by atoms with van der Waals surface area (Å²) in [6, 6.07) is 12.4. The molecule has 0 N–H and O–H groups in total. The number of nitrogens with zero attached hydrogens (tertiary/aromatic N) is 2. The molecule has 3 aromatic rings. The van der Waals surface area contributed by atoms with Gasteiger partial charge in [0.25, 0.3) is 5.56 Å². The maximum Gasteiger partial charge on any atom is 0.338 e. The smallest absolute Gasteiger partial charge is 0.338 e. The molecule has 0 aliphatic carbocycles. The summed E-state index contributed by atoms with van der Waals surface area (Å²) in [5, 5.41) is 0. The summed E-state index contributed by atoms with van der Waals surface area (Å²) in [7, 11) is 0. The van der Waals surface area contributed by atoms with E-state index in [1.54, 1.807) is 50.3 Å². The van der Waals surface area contributed by atoms with Gasteiger partial charge in [-0.05, 0) is 55.3 Å². The molecule has 6 nitrogen and oxygen atoms in total. The van der Waals surface area contributed by atoms with E-state index in [1.165, 1.54) is 28.0 Å². The first-order valence-corrected chi connectivity index (χ1v) is 11.5. The number of allylic oxidation sites excluding steroid dienone is 1. The molecular formula is C26H23FN2O4S. The Hall–Kier alpha value is -3.78. The van der Waals surface area contributed by atoms with Crippen LogP contribution in [-0.2, 0) is 9.53 Å². The van der Waals surface area contributed by atoms with Crippen molar-refractivity contribution >= 4 is 23.4 Å². The third-order valence-electron chi connectivity index (χ3n) is 5.25. The topological polar surface area (TPSA) is 69.9 Å². The summed E-state index contributed by atoms with van der Waals surface area (Å²) in [6.07, 6.45) is 3.34. The Bertz CT molecular complexity index is 1430. The van der Waals surface area contributed by atoms with Crippen LogP contribution in [0.25, 0.3) is 6.08 Å². The lowest BCUT2D eigenvalue weighted by atomic mass is 9.96. The molecule has 0 saturated heterocycles. The van der Waals surface area contributed by atoms with Crippen LogP contribution in [0.4, 0.5) is 4.39 Å². The highest BCUT2D eigenvalue weighted by Gasteiger charge is 2.33. The predicted molar refractivity (Wildman–Crippen MR) is 129 cm³/mol. The fourth-order valence-corrected chi connectivity index (χ4v) is 4.77. The van der Waals surface area contributed by atoms with Gasteiger partial charge in [-0.1, -0.05) is 48.3 Å². The number of fused-ring (bicyclic) bond motifs is 1. The number of carbonyl (C=O) groups is 1. The van der Waals surface area contributed by atoms with E-state index >= 15 is 0 Å². The van der Waals surface area contributed by atoms with Crippen LogP contribution >= 0.6 is 11.3 Å². The van der Waals surface area contributed by atoms with E-state index in [9.17, 15) is 14.0 Å². The van der Waals surface area contributed by atoms with Crippen LogP contribution in [0.1, 0.15) is 31.0 Å². The van der Waals surface area contributed by atoms with Gasteiger partial charge in [-0.3, -0.25) is 9.36 Å². The van der Waals surface area contributed by atoms with Crippen molar-refractivity contribution in [1.29, 1.82) is 0 Å². The molecule has 2 aromatic carbocycles. The lowest BCUT2D eigenvalue weighted by Gasteiger charge is -2.24. The van der Waals surface area contributed by atoms with Gasteiger partial charge in [-0.15, -0.1) is 0 Å². The standard InChI is InChI=1S/C26H23FN2O4S/c1-4-14-33-20-12-8-18(9-13-20)23-22(25(31)32-5-2)16(3)28-26-29(23)24(30)21(34-26)15-17-6-10-19(27)11-7-17/h4,6-13,15,23H,1,5,14H2,2-3H3/b21-15+. The number of ether oxygens (including phenoxy) is 2. The van der Waals surface area contributed by atoms with Crippen molar-refractivity contribution in [2.75, 3.05) is 13.2 Å². The second-order valence-corrected chi connectivity index (χ2v) is 8.53. The summed E-state index contributed by atoms with van der Waals surface area (Å²) in [6.45, 7) is 7.67. The molecule has 1 atom stereocenters. The number of halogens is 1. The Balaban J connectivity index is 1.88. The van der Waals surface area contributed by atoms with Gasteiger partial charge in [0.05, 0.1) is 28.5 Å². The second kappa shape index (κ2) is 10.0. The van der Waals surface area contributed by atoms with Crippen LogP contribution < -0.4 is 19.6 Å².